The third-order valence-electron chi connectivity index (χ3n) is 3.07. The van der Waals surface area contributed by atoms with Gasteiger partial charge in [0.1, 0.15) is 6.10 Å². The summed E-state index contributed by atoms with van der Waals surface area (Å²) in [7, 11) is 0. The Morgan fingerprint density at radius 1 is 1.20 bits per heavy atom. The Balaban J connectivity index is 2.56. The molecule has 1 aliphatic carbocycles. The summed E-state index contributed by atoms with van der Waals surface area (Å²) in [4.78, 5) is 0. The summed E-state index contributed by atoms with van der Waals surface area (Å²) in [5, 5.41) is 9.58. The Labute approximate surface area is 87.7 Å². The Morgan fingerprint density at radius 3 is 2.27 bits per heavy atom. The van der Waals surface area contributed by atoms with Crippen molar-refractivity contribution in [3.63, 3.8) is 0 Å². The maximum Gasteiger partial charge on any atom is 0.284 e. The van der Waals surface area contributed by atoms with Crippen LogP contribution in [-0.2, 0) is 0 Å². The van der Waals surface area contributed by atoms with Crippen molar-refractivity contribution in [2.24, 2.45) is 5.92 Å². The number of halogens is 2. The highest BCUT2D eigenvalue weighted by Gasteiger charge is 2.55. The van der Waals surface area contributed by atoms with Gasteiger partial charge in [0.2, 0.25) is 0 Å². The number of hydrogen-bond acceptors (Lipinski definition) is 1. The molecule has 1 N–H and O–H groups in total. The quantitative estimate of drug-likeness (QED) is 0.758. The van der Waals surface area contributed by atoms with Gasteiger partial charge in [0.25, 0.3) is 5.92 Å². The van der Waals surface area contributed by atoms with Gasteiger partial charge < -0.3 is 5.11 Å². The minimum absolute atomic E-state index is 0.182. The summed E-state index contributed by atoms with van der Waals surface area (Å²) in [6.45, 7) is 3.51. The Hall–Kier alpha value is -0.960. The molecular formula is C12H14F2O. The minimum Gasteiger partial charge on any atom is -0.382 e. The van der Waals surface area contributed by atoms with Crippen LogP contribution in [0.1, 0.15) is 37.0 Å². The maximum absolute atomic E-state index is 13.8. The van der Waals surface area contributed by atoms with E-state index >= 15 is 0 Å². The topological polar surface area (TPSA) is 20.2 Å². The summed E-state index contributed by atoms with van der Waals surface area (Å²) >= 11 is 0. The van der Waals surface area contributed by atoms with Crippen LogP contribution in [0, 0.1) is 5.92 Å². The van der Waals surface area contributed by atoms with Gasteiger partial charge in [-0.15, -0.1) is 0 Å². The van der Waals surface area contributed by atoms with Crippen molar-refractivity contribution in [3.8, 4) is 0 Å². The first kappa shape index (κ1) is 10.6. The van der Waals surface area contributed by atoms with Crippen molar-refractivity contribution in [1.29, 1.82) is 0 Å². The fourth-order valence-electron chi connectivity index (χ4n) is 2.43. The van der Waals surface area contributed by atoms with Gasteiger partial charge in [0.05, 0.1) is 5.92 Å². The van der Waals surface area contributed by atoms with Gasteiger partial charge in [-0.2, -0.15) is 0 Å². The van der Waals surface area contributed by atoms with Crippen molar-refractivity contribution in [1.82, 2.24) is 0 Å². The van der Waals surface area contributed by atoms with Crippen LogP contribution in [0.4, 0.5) is 8.78 Å². The maximum atomic E-state index is 13.8. The first-order chi connectivity index (χ1) is 6.96. The molecule has 0 saturated carbocycles. The molecule has 15 heavy (non-hydrogen) atoms. The number of alkyl halides is 2. The van der Waals surface area contributed by atoms with E-state index in [4.69, 9.17) is 0 Å². The molecule has 1 unspecified atom stereocenters. The van der Waals surface area contributed by atoms with E-state index in [9.17, 15) is 13.9 Å². The third-order valence-corrected chi connectivity index (χ3v) is 3.07. The Bertz CT molecular complexity index is 374. The minimum atomic E-state index is -3.04. The second-order valence-corrected chi connectivity index (χ2v) is 4.43. The number of benzene rings is 1. The van der Waals surface area contributed by atoms with E-state index in [-0.39, 0.29) is 5.92 Å². The summed E-state index contributed by atoms with van der Waals surface area (Å²) in [6, 6.07) is 6.68. The summed E-state index contributed by atoms with van der Waals surface area (Å²) < 4.78 is 27.6. The van der Waals surface area contributed by atoms with Crippen molar-refractivity contribution in [2.75, 3.05) is 0 Å². The lowest BCUT2D eigenvalue weighted by atomic mass is 9.88. The van der Waals surface area contributed by atoms with E-state index in [1.54, 1.807) is 38.1 Å². The molecule has 3 heteroatoms. The average Bonchev–Trinajstić information content (AvgIpc) is 2.35. The molecule has 0 radical (unpaired) electrons. The lowest BCUT2D eigenvalue weighted by Crippen LogP contribution is -2.29. The predicted octanol–water partition coefficient (Wildman–Crippen LogP) is 3.11. The van der Waals surface area contributed by atoms with Gasteiger partial charge in [0, 0.05) is 0 Å². The number of aliphatic hydroxyl groups is 1. The standard InChI is InChI=1S/C12H14F2O/c1-7(2)10-8-5-3-4-6-9(8)11(15)12(10,13)14/h3-7,10-11,15H,1-2H3/t10?,11-/m0/s1. The molecule has 0 aromatic heterocycles. The van der Waals surface area contributed by atoms with E-state index in [0.717, 1.165) is 0 Å². The zero-order chi connectivity index (χ0) is 11.2. The van der Waals surface area contributed by atoms with E-state index in [0.29, 0.717) is 11.1 Å². The summed E-state index contributed by atoms with van der Waals surface area (Å²) in [5.41, 5.74) is 0.964. The van der Waals surface area contributed by atoms with Gasteiger partial charge in [-0.3, -0.25) is 0 Å². The van der Waals surface area contributed by atoms with Gasteiger partial charge in [0.15, 0.2) is 0 Å². The molecule has 0 saturated heterocycles. The van der Waals surface area contributed by atoms with Crippen LogP contribution in [0.15, 0.2) is 24.3 Å². The molecule has 1 nitrogen and oxygen atoms in total. The van der Waals surface area contributed by atoms with Crippen LogP contribution in [0.2, 0.25) is 0 Å². The van der Waals surface area contributed by atoms with Gasteiger partial charge >= 0.3 is 0 Å². The highest BCUT2D eigenvalue weighted by Crippen LogP contribution is 2.54. The molecule has 0 fully saturated rings. The highest BCUT2D eigenvalue weighted by molar-refractivity contribution is 5.41. The van der Waals surface area contributed by atoms with Crippen molar-refractivity contribution >= 4 is 0 Å². The van der Waals surface area contributed by atoms with E-state index < -0.39 is 17.9 Å². The monoisotopic (exact) mass is 212 g/mol. The third kappa shape index (κ3) is 1.37. The second-order valence-electron chi connectivity index (χ2n) is 4.43. The molecule has 0 amide bonds. The van der Waals surface area contributed by atoms with Gasteiger partial charge in [-0.25, -0.2) is 8.78 Å². The van der Waals surface area contributed by atoms with Crippen LogP contribution < -0.4 is 0 Å². The lowest BCUT2D eigenvalue weighted by Gasteiger charge is -2.25. The van der Waals surface area contributed by atoms with Gasteiger partial charge in [-0.1, -0.05) is 38.1 Å². The molecule has 0 bridgehead atoms. The molecule has 0 heterocycles. The van der Waals surface area contributed by atoms with Crippen LogP contribution >= 0.6 is 0 Å². The normalized spacial score (nSPS) is 28.1. The molecule has 0 spiro atoms. The molecule has 1 aliphatic rings. The predicted molar refractivity (Wildman–Crippen MR) is 53.9 cm³/mol. The van der Waals surface area contributed by atoms with Crippen LogP contribution in [0.25, 0.3) is 0 Å². The SMILES string of the molecule is CC(C)C1c2ccccc2[C@H](O)C1(F)F. The van der Waals surface area contributed by atoms with Crippen LogP contribution in [0.5, 0.6) is 0 Å². The molecule has 1 aromatic rings. The molecule has 2 rings (SSSR count). The summed E-state index contributed by atoms with van der Waals surface area (Å²) in [5.74, 6) is -4.10. The highest BCUT2D eigenvalue weighted by atomic mass is 19.3. The second kappa shape index (κ2) is 3.27. The van der Waals surface area contributed by atoms with Crippen LogP contribution in [0.3, 0.4) is 0 Å². The van der Waals surface area contributed by atoms with Crippen molar-refractivity contribution in [3.05, 3.63) is 35.4 Å². The Kier molecular flexibility index (Phi) is 2.30. The van der Waals surface area contributed by atoms with E-state index in [1.165, 1.54) is 0 Å². The Morgan fingerprint density at radius 2 is 1.73 bits per heavy atom. The number of rotatable bonds is 1. The van der Waals surface area contributed by atoms with E-state index in [1.807, 2.05) is 0 Å². The first-order valence-electron chi connectivity index (χ1n) is 5.11. The van der Waals surface area contributed by atoms with Gasteiger partial charge in [-0.05, 0) is 17.0 Å². The molecule has 0 aliphatic heterocycles. The van der Waals surface area contributed by atoms with E-state index in [2.05, 4.69) is 0 Å². The molecule has 2 atom stereocenters. The first-order valence-corrected chi connectivity index (χ1v) is 5.11. The summed E-state index contributed by atoms with van der Waals surface area (Å²) in [6.07, 6.45) is -1.65. The average molecular weight is 212 g/mol. The zero-order valence-corrected chi connectivity index (χ0v) is 8.74. The molecule has 82 valence electrons. The largest absolute Gasteiger partial charge is 0.382 e. The van der Waals surface area contributed by atoms with Crippen molar-refractivity contribution in [2.45, 2.75) is 31.8 Å². The smallest absolute Gasteiger partial charge is 0.284 e. The number of aliphatic hydroxyl groups excluding tert-OH is 1. The lowest BCUT2D eigenvalue weighted by molar-refractivity contribution is -0.123. The fourth-order valence-corrected chi connectivity index (χ4v) is 2.43. The van der Waals surface area contributed by atoms with Crippen LogP contribution in [-0.4, -0.2) is 11.0 Å². The fraction of sp³-hybridized carbons (Fsp3) is 0.500. The molecule has 1 aromatic carbocycles. The number of fused-ring (bicyclic) bond motifs is 1. The zero-order valence-electron chi connectivity index (χ0n) is 8.74. The van der Waals surface area contributed by atoms with Crippen molar-refractivity contribution < 1.29 is 13.9 Å². The molecular weight excluding hydrogens is 198 g/mol. The number of hydrogen-bond donors (Lipinski definition) is 1.